The Morgan fingerprint density at radius 2 is 1.54 bits per heavy atom. The second-order valence-corrected chi connectivity index (χ2v) is 8.11. The van der Waals surface area contributed by atoms with Crippen LogP contribution >= 0.6 is 0 Å². The lowest BCUT2D eigenvalue weighted by atomic mass is 9.98. The van der Waals surface area contributed by atoms with Gasteiger partial charge in [0.1, 0.15) is 22.9 Å². The van der Waals surface area contributed by atoms with Crippen molar-refractivity contribution in [3.63, 3.8) is 0 Å². The number of ketones is 1. The molecule has 1 N–H and O–H groups in total. The monoisotopic (exact) mass is 460 g/mol. The third-order valence-corrected chi connectivity index (χ3v) is 6.02. The number of methoxy groups -OCH3 is 1. The zero-order chi connectivity index (χ0) is 24.7. The minimum atomic E-state index is -0.761. The number of ether oxygens (including phenoxy) is 1. The number of carbonyl (C=O) groups is 2. The molecule has 0 radical (unpaired) electrons. The van der Waals surface area contributed by atoms with Crippen molar-refractivity contribution in [2.45, 2.75) is 6.92 Å². The van der Waals surface area contributed by atoms with Gasteiger partial charge in [0.2, 0.25) is 0 Å². The summed E-state index contributed by atoms with van der Waals surface area (Å²) in [6.07, 6.45) is 0. The standard InChI is InChI=1S/C28H20N4O3/c1-17-8-10-18(11-9-17)24-23-25(32(28(34)26(23)33)19-6-4-3-5-7-19)22(16-29)27(30)31(24)20-12-14-21(35-2)15-13-20/h3-15,30H,1-2H3. The van der Waals surface area contributed by atoms with Gasteiger partial charge in [-0.1, -0.05) is 48.0 Å². The van der Waals surface area contributed by atoms with Crippen molar-refractivity contribution in [1.82, 2.24) is 4.57 Å². The molecule has 35 heavy (non-hydrogen) atoms. The molecule has 0 aliphatic carbocycles. The molecule has 2 heterocycles. The molecule has 1 aromatic heterocycles. The van der Waals surface area contributed by atoms with E-state index in [1.807, 2.05) is 31.2 Å². The van der Waals surface area contributed by atoms with E-state index in [9.17, 15) is 14.9 Å². The van der Waals surface area contributed by atoms with Crippen LogP contribution in [0.4, 0.5) is 11.4 Å². The van der Waals surface area contributed by atoms with E-state index in [0.29, 0.717) is 28.4 Å². The Bertz CT molecular complexity index is 1580. The largest absolute Gasteiger partial charge is 0.497 e. The third kappa shape index (κ3) is 3.40. The normalized spacial score (nSPS) is 12.4. The SMILES string of the molecule is COc1ccc(-n2c(-c3ccc(C)cc3)c3c(c(C#N)c2=N)N(c2ccccc2)C(=O)C3=O)cc1. The highest BCUT2D eigenvalue weighted by molar-refractivity contribution is 6.55. The molecule has 7 heteroatoms. The lowest BCUT2D eigenvalue weighted by Crippen LogP contribution is -2.27. The van der Waals surface area contributed by atoms with Crippen molar-refractivity contribution in [1.29, 1.82) is 10.7 Å². The minimum Gasteiger partial charge on any atom is -0.497 e. The van der Waals surface area contributed by atoms with Crippen molar-refractivity contribution in [2.24, 2.45) is 0 Å². The van der Waals surface area contributed by atoms with E-state index in [-0.39, 0.29) is 22.3 Å². The van der Waals surface area contributed by atoms with Gasteiger partial charge >= 0.3 is 5.91 Å². The minimum absolute atomic E-state index is 0.0604. The highest BCUT2D eigenvalue weighted by Crippen LogP contribution is 2.42. The Hall–Kier alpha value is -4.96. The number of benzene rings is 3. The summed E-state index contributed by atoms with van der Waals surface area (Å²) in [6.45, 7) is 1.95. The van der Waals surface area contributed by atoms with Gasteiger partial charge in [0.05, 0.1) is 24.1 Å². The van der Waals surface area contributed by atoms with Crippen LogP contribution in [-0.2, 0) is 4.79 Å². The van der Waals surface area contributed by atoms with E-state index in [0.717, 1.165) is 5.56 Å². The zero-order valence-electron chi connectivity index (χ0n) is 19.1. The van der Waals surface area contributed by atoms with Crippen LogP contribution in [0.25, 0.3) is 16.9 Å². The van der Waals surface area contributed by atoms with Crippen molar-refractivity contribution in [2.75, 3.05) is 12.0 Å². The van der Waals surface area contributed by atoms with Gasteiger partial charge in [-0.05, 0) is 48.9 Å². The van der Waals surface area contributed by atoms with E-state index in [4.69, 9.17) is 10.1 Å². The molecule has 0 spiro atoms. The smallest absolute Gasteiger partial charge is 0.304 e. The number of rotatable bonds is 4. The maximum atomic E-state index is 13.5. The van der Waals surface area contributed by atoms with Crippen LogP contribution in [0.2, 0.25) is 0 Å². The molecule has 1 amide bonds. The van der Waals surface area contributed by atoms with Gasteiger partial charge in [-0.25, -0.2) is 0 Å². The highest BCUT2D eigenvalue weighted by Gasteiger charge is 2.43. The van der Waals surface area contributed by atoms with E-state index >= 15 is 0 Å². The molecule has 0 bridgehead atoms. The summed E-state index contributed by atoms with van der Waals surface area (Å²) in [5.41, 5.74) is 3.12. The van der Waals surface area contributed by atoms with Gasteiger partial charge in [0.15, 0.2) is 0 Å². The lowest BCUT2D eigenvalue weighted by molar-refractivity contribution is -0.113. The van der Waals surface area contributed by atoms with Crippen molar-refractivity contribution >= 4 is 23.1 Å². The number of para-hydroxylation sites is 1. The summed E-state index contributed by atoms with van der Waals surface area (Å²) < 4.78 is 6.81. The Kier molecular flexibility index (Phi) is 5.27. The number of hydrogen-bond donors (Lipinski definition) is 1. The highest BCUT2D eigenvalue weighted by atomic mass is 16.5. The fraction of sp³-hybridized carbons (Fsp3) is 0.0714. The van der Waals surface area contributed by atoms with Crippen molar-refractivity contribution in [3.05, 3.63) is 101 Å². The zero-order valence-corrected chi connectivity index (χ0v) is 19.1. The number of fused-ring (bicyclic) bond motifs is 1. The number of aromatic nitrogens is 1. The van der Waals surface area contributed by atoms with Crippen molar-refractivity contribution in [3.8, 4) is 28.8 Å². The molecule has 0 fully saturated rings. The number of amides is 1. The Morgan fingerprint density at radius 3 is 2.14 bits per heavy atom. The lowest BCUT2D eigenvalue weighted by Gasteiger charge is -2.22. The first-order valence-electron chi connectivity index (χ1n) is 10.9. The van der Waals surface area contributed by atoms with E-state index < -0.39 is 11.7 Å². The first-order valence-corrected chi connectivity index (χ1v) is 10.9. The third-order valence-electron chi connectivity index (χ3n) is 6.02. The first-order chi connectivity index (χ1) is 17.0. The summed E-state index contributed by atoms with van der Waals surface area (Å²) in [5, 5.41) is 19.1. The molecule has 7 nitrogen and oxygen atoms in total. The molecule has 4 aromatic rings. The number of nitrogens with zero attached hydrogens (tertiary/aromatic N) is 3. The van der Waals surface area contributed by atoms with Gasteiger partial charge < -0.3 is 4.74 Å². The number of nitrogens with one attached hydrogen (secondary N) is 1. The number of hydrogen-bond acceptors (Lipinski definition) is 5. The summed E-state index contributed by atoms with van der Waals surface area (Å²) in [5.74, 6) is -0.859. The predicted molar refractivity (Wildman–Crippen MR) is 131 cm³/mol. The number of anilines is 2. The number of carbonyl (C=O) groups excluding carboxylic acids is 2. The van der Waals surface area contributed by atoms with Crippen LogP contribution in [0.3, 0.4) is 0 Å². The maximum absolute atomic E-state index is 13.5. The summed E-state index contributed by atoms with van der Waals surface area (Å²) in [6, 6.07) is 25.2. The molecule has 170 valence electrons. The quantitative estimate of drug-likeness (QED) is 0.447. The Balaban J connectivity index is 1.93. The van der Waals surface area contributed by atoms with Gasteiger partial charge in [-0.3, -0.25) is 24.5 Å². The number of pyridine rings is 1. The van der Waals surface area contributed by atoms with Crippen LogP contribution in [0.1, 0.15) is 21.5 Å². The Morgan fingerprint density at radius 1 is 0.886 bits per heavy atom. The second-order valence-electron chi connectivity index (χ2n) is 8.11. The average Bonchev–Trinajstić information content (AvgIpc) is 3.14. The number of nitriles is 1. The molecule has 1 aliphatic heterocycles. The van der Waals surface area contributed by atoms with Gasteiger partial charge in [0, 0.05) is 11.4 Å². The predicted octanol–water partition coefficient (Wildman–Crippen LogP) is 4.67. The number of Topliss-reactive ketones (excluding diaryl/α,β-unsaturated/α-hetero) is 1. The van der Waals surface area contributed by atoms with Gasteiger partial charge in [-0.2, -0.15) is 5.26 Å². The molecular formula is C28H20N4O3. The van der Waals surface area contributed by atoms with E-state index in [1.165, 1.54) is 4.90 Å². The van der Waals surface area contributed by atoms with Crippen LogP contribution in [0.5, 0.6) is 5.75 Å². The fourth-order valence-electron chi connectivity index (χ4n) is 4.34. The van der Waals surface area contributed by atoms with Crippen LogP contribution < -0.4 is 15.1 Å². The molecule has 3 aromatic carbocycles. The summed E-state index contributed by atoms with van der Waals surface area (Å²) >= 11 is 0. The Labute approximate surface area is 201 Å². The first kappa shape index (κ1) is 21.9. The molecule has 1 aliphatic rings. The summed E-state index contributed by atoms with van der Waals surface area (Å²) in [4.78, 5) is 28.0. The molecular weight excluding hydrogens is 440 g/mol. The molecule has 5 rings (SSSR count). The topological polar surface area (TPSA) is 99.2 Å². The van der Waals surface area contributed by atoms with E-state index in [2.05, 4.69) is 6.07 Å². The molecule has 0 unspecified atom stereocenters. The fourth-order valence-corrected chi connectivity index (χ4v) is 4.34. The molecule has 0 saturated carbocycles. The average molecular weight is 460 g/mol. The molecule has 0 saturated heterocycles. The maximum Gasteiger partial charge on any atom is 0.304 e. The number of aryl methyl sites for hydroxylation is 1. The summed E-state index contributed by atoms with van der Waals surface area (Å²) in [7, 11) is 1.56. The van der Waals surface area contributed by atoms with Gasteiger partial charge in [-0.15, -0.1) is 0 Å². The second kappa shape index (κ2) is 8.43. The van der Waals surface area contributed by atoms with Crippen LogP contribution in [-0.4, -0.2) is 23.4 Å². The van der Waals surface area contributed by atoms with Crippen LogP contribution in [0, 0.1) is 23.7 Å². The van der Waals surface area contributed by atoms with Crippen LogP contribution in [0.15, 0.2) is 78.9 Å². The molecule has 0 atom stereocenters. The van der Waals surface area contributed by atoms with E-state index in [1.54, 1.807) is 66.3 Å². The van der Waals surface area contributed by atoms with Crippen molar-refractivity contribution < 1.29 is 14.3 Å². The van der Waals surface area contributed by atoms with Gasteiger partial charge in [0.25, 0.3) is 5.78 Å².